The number of benzene rings is 3. The number of aromatic nitrogens is 1. The molecule has 0 unspecified atom stereocenters. The summed E-state index contributed by atoms with van der Waals surface area (Å²) in [6, 6.07) is 23.7. The van der Waals surface area contributed by atoms with Gasteiger partial charge in [0, 0.05) is 41.9 Å². The number of aryl methyl sites for hydroxylation is 2. The first kappa shape index (κ1) is 26.0. The second kappa shape index (κ2) is 11.8. The highest BCUT2D eigenvalue weighted by Crippen LogP contribution is 2.20. The first-order chi connectivity index (χ1) is 17.8. The van der Waals surface area contributed by atoms with Gasteiger partial charge in [-0.2, -0.15) is 0 Å². The summed E-state index contributed by atoms with van der Waals surface area (Å²) < 4.78 is 0. The van der Waals surface area contributed by atoms with Gasteiger partial charge in [0.15, 0.2) is 0 Å². The first-order valence-electron chi connectivity index (χ1n) is 12.8. The smallest absolute Gasteiger partial charge is 0.322 e. The average Bonchev–Trinajstić information content (AvgIpc) is 3.30. The summed E-state index contributed by atoms with van der Waals surface area (Å²) in [6.07, 6.45) is 2.74. The lowest BCUT2D eigenvalue weighted by molar-refractivity contribution is -0.132. The van der Waals surface area contributed by atoms with E-state index in [-0.39, 0.29) is 24.5 Å². The Hall–Kier alpha value is -4.06. The minimum Gasteiger partial charge on any atom is -0.361 e. The van der Waals surface area contributed by atoms with Gasteiger partial charge >= 0.3 is 6.03 Å². The third-order valence-corrected chi connectivity index (χ3v) is 6.75. The molecule has 6 heteroatoms. The minimum atomic E-state index is -0.274. The van der Waals surface area contributed by atoms with Crippen LogP contribution in [0.5, 0.6) is 0 Å². The summed E-state index contributed by atoms with van der Waals surface area (Å²) >= 11 is 0. The Balaban J connectivity index is 1.51. The van der Waals surface area contributed by atoms with Crippen LogP contribution in [0.3, 0.4) is 0 Å². The van der Waals surface area contributed by atoms with Gasteiger partial charge in [0.2, 0.25) is 5.91 Å². The summed E-state index contributed by atoms with van der Waals surface area (Å²) in [5, 5.41) is 4.15. The number of hydrogen-bond donors (Lipinski definition) is 2. The highest BCUT2D eigenvalue weighted by Gasteiger charge is 2.24. The summed E-state index contributed by atoms with van der Waals surface area (Å²) in [7, 11) is 0. The van der Waals surface area contributed by atoms with Crippen molar-refractivity contribution in [2.75, 3.05) is 18.4 Å². The Morgan fingerprint density at radius 3 is 2.35 bits per heavy atom. The van der Waals surface area contributed by atoms with E-state index in [0.717, 1.165) is 28.8 Å². The molecule has 6 nitrogen and oxygen atoms in total. The molecule has 0 fully saturated rings. The zero-order valence-corrected chi connectivity index (χ0v) is 22.1. The van der Waals surface area contributed by atoms with Crippen LogP contribution in [0.2, 0.25) is 0 Å². The van der Waals surface area contributed by atoms with Crippen molar-refractivity contribution in [1.82, 2.24) is 14.8 Å². The number of nitrogens with one attached hydrogen (secondary N) is 2. The molecule has 37 heavy (non-hydrogen) atoms. The topological polar surface area (TPSA) is 68.4 Å². The van der Waals surface area contributed by atoms with Crippen molar-refractivity contribution in [2.45, 2.75) is 46.7 Å². The number of fused-ring (bicyclic) bond motifs is 1. The minimum absolute atomic E-state index is 0.00905. The molecule has 3 aromatic carbocycles. The van der Waals surface area contributed by atoms with E-state index in [1.54, 1.807) is 4.90 Å². The largest absolute Gasteiger partial charge is 0.361 e. The lowest BCUT2D eigenvalue weighted by atomic mass is 10.1. The normalized spacial score (nSPS) is 11.1. The van der Waals surface area contributed by atoms with Crippen molar-refractivity contribution in [3.05, 3.63) is 101 Å². The number of urea groups is 1. The fourth-order valence-electron chi connectivity index (χ4n) is 4.43. The number of carbonyl (C=O) groups excluding carboxylic acids is 2. The Kier molecular flexibility index (Phi) is 8.29. The van der Waals surface area contributed by atoms with Crippen molar-refractivity contribution < 1.29 is 9.59 Å². The van der Waals surface area contributed by atoms with E-state index < -0.39 is 0 Å². The monoisotopic (exact) mass is 496 g/mol. The van der Waals surface area contributed by atoms with Gasteiger partial charge in [-0.15, -0.1) is 0 Å². The maximum Gasteiger partial charge on any atom is 0.322 e. The standard InChI is InChI=1S/C31H36N4O2/c1-22(2)35(31(37)33-28-11-7-5-9-24(28)4)21-30(36)34(20-25-15-13-23(3)14-16-25)18-17-26-19-32-29-12-8-6-10-27(26)29/h5-16,19,22,32H,17-18,20-21H2,1-4H3,(H,33,37). The number of rotatable bonds is 9. The van der Waals surface area contributed by atoms with Gasteiger partial charge in [0.05, 0.1) is 0 Å². The number of amides is 3. The third kappa shape index (κ3) is 6.58. The molecule has 0 spiro atoms. The van der Waals surface area contributed by atoms with Gasteiger partial charge in [-0.1, -0.05) is 66.2 Å². The van der Waals surface area contributed by atoms with E-state index in [9.17, 15) is 9.59 Å². The van der Waals surface area contributed by atoms with E-state index in [1.165, 1.54) is 16.5 Å². The van der Waals surface area contributed by atoms with E-state index in [4.69, 9.17) is 0 Å². The van der Waals surface area contributed by atoms with Crippen LogP contribution in [0.25, 0.3) is 10.9 Å². The molecule has 0 radical (unpaired) electrons. The van der Waals surface area contributed by atoms with Crippen molar-refractivity contribution in [3.63, 3.8) is 0 Å². The molecule has 0 aliphatic carbocycles. The molecule has 4 aromatic rings. The number of nitrogens with zero attached hydrogens (tertiary/aromatic N) is 2. The summed E-state index contributed by atoms with van der Waals surface area (Å²) in [6.45, 7) is 8.93. The van der Waals surface area contributed by atoms with Crippen molar-refractivity contribution in [1.29, 1.82) is 0 Å². The molecule has 2 N–H and O–H groups in total. The van der Waals surface area contributed by atoms with E-state index in [0.29, 0.717) is 13.1 Å². The maximum atomic E-state index is 13.7. The lowest BCUT2D eigenvalue weighted by Crippen LogP contribution is -2.47. The highest BCUT2D eigenvalue weighted by molar-refractivity contribution is 5.93. The number of H-pyrrole nitrogens is 1. The molecule has 0 aliphatic heterocycles. The Morgan fingerprint density at radius 2 is 1.62 bits per heavy atom. The molecule has 0 aliphatic rings. The molecular formula is C31H36N4O2. The van der Waals surface area contributed by atoms with Crippen molar-refractivity contribution in [2.24, 2.45) is 0 Å². The molecular weight excluding hydrogens is 460 g/mol. The Bertz CT molecular complexity index is 1360. The molecule has 1 heterocycles. The van der Waals surface area contributed by atoms with E-state index >= 15 is 0 Å². The molecule has 0 saturated heterocycles. The molecule has 1 aromatic heterocycles. The van der Waals surface area contributed by atoms with Crippen LogP contribution in [0.15, 0.2) is 79.0 Å². The van der Waals surface area contributed by atoms with Gasteiger partial charge in [0.25, 0.3) is 0 Å². The zero-order valence-electron chi connectivity index (χ0n) is 22.1. The predicted molar refractivity (Wildman–Crippen MR) is 151 cm³/mol. The summed E-state index contributed by atoms with van der Waals surface area (Å²) in [5.74, 6) is -0.0750. The molecule has 4 rings (SSSR count). The molecule has 0 saturated carbocycles. The first-order valence-corrected chi connectivity index (χ1v) is 12.8. The van der Waals surface area contributed by atoms with Crippen molar-refractivity contribution >= 4 is 28.5 Å². The second-order valence-electron chi connectivity index (χ2n) is 9.88. The van der Waals surface area contributed by atoms with Crippen molar-refractivity contribution in [3.8, 4) is 0 Å². The number of anilines is 1. The Labute approximate surface area is 219 Å². The number of carbonyl (C=O) groups is 2. The van der Waals surface area contributed by atoms with Crippen LogP contribution in [0, 0.1) is 13.8 Å². The number of para-hydroxylation sites is 2. The lowest BCUT2D eigenvalue weighted by Gasteiger charge is -2.30. The molecule has 3 amide bonds. The van der Waals surface area contributed by atoms with E-state index in [1.807, 2.05) is 68.3 Å². The summed E-state index contributed by atoms with van der Waals surface area (Å²) in [5.41, 5.74) is 6.24. The van der Waals surface area contributed by atoms with Gasteiger partial charge < -0.3 is 20.1 Å². The zero-order chi connectivity index (χ0) is 26.4. The van der Waals surface area contributed by atoms with E-state index in [2.05, 4.69) is 53.6 Å². The van der Waals surface area contributed by atoms with Crippen LogP contribution in [-0.4, -0.2) is 45.9 Å². The highest BCUT2D eigenvalue weighted by atomic mass is 16.2. The average molecular weight is 497 g/mol. The van der Waals surface area contributed by atoms with Crippen LogP contribution in [-0.2, 0) is 17.8 Å². The van der Waals surface area contributed by atoms with Crippen LogP contribution in [0.1, 0.15) is 36.1 Å². The molecule has 192 valence electrons. The fourth-order valence-corrected chi connectivity index (χ4v) is 4.43. The fraction of sp³-hybridized carbons (Fsp3) is 0.290. The van der Waals surface area contributed by atoms with Gasteiger partial charge in [-0.05, 0) is 62.9 Å². The molecule has 0 bridgehead atoms. The van der Waals surface area contributed by atoms with Crippen LogP contribution in [0.4, 0.5) is 10.5 Å². The third-order valence-electron chi connectivity index (χ3n) is 6.75. The number of hydrogen-bond acceptors (Lipinski definition) is 2. The molecule has 0 atom stereocenters. The van der Waals surface area contributed by atoms with Gasteiger partial charge in [-0.25, -0.2) is 4.79 Å². The quantitative estimate of drug-likeness (QED) is 0.286. The SMILES string of the molecule is Cc1ccc(CN(CCc2c[nH]c3ccccc23)C(=O)CN(C(=O)Nc2ccccc2C)C(C)C)cc1. The van der Waals surface area contributed by atoms with Crippen LogP contribution < -0.4 is 5.32 Å². The Morgan fingerprint density at radius 1 is 0.919 bits per heavy atom. The van der Waals surface area contributed by atoms with Gasteiger partial charge in [0.1, 0.15) is 6.54 Å². The van der Waals surface area contributed by atoms with Gasteiger partial charge in [-0.3, -0.25) is 4.79 Å². The summed E-state index contributed by atoms with van der Waals surface area (Å²) in [4.78, 5) is 33.6. The maximum absolute atomic E-state index is 13.7. The second-order valence-corrected chi connectivity index (χ2v) is 9.88. The van der Waals surface area contributed by atoms with Crippen LogP contribution >= 0.6 is 0 Å². The number of aromatic amines is 1. The predicted octanol–water partition coefficient (Wildman–Crippen LogP) is 6.30.